The highest BCUT2D eigenvalue weighted by molar-refractivity contribution is 5.37. The van der Waals surface area contributed by atoms with Crippen LogP contribution in [0, 0.1) is 18.8 Å². The van der Waals surface area contributed by atoms with Crippen molar-refractivity contribution in [2.24, 2.45) is 17.6 Å². The predicted molar refractivity (Wildman–Crippen MR) is 75.9 cm³/mol. The molecule has 1 aromatic carbocycles. The maximum atomic E-state index is 6.39. The normalized spacial score (nSPS) is 25.1. The largest absolute Gasteiger partial charge is 0.496 e. The van der Waals surface area contributed by atoms with Crippen molar-refractivity contribution in [3.05, 3.63) is 29.3 Å². The molecule has 0 radical (unpaired) electrons. The first-order valence-electron chi connectivity index (χ1n) is 6.99. The predicted octanol–water partition coefficient (Wildman–Crippen LogP) is 3.31. The number of rotatable bonds is 4. The van der Waals surface area contributed by atoms with Gasteiger partial charge in [0.1, 0.15) is 5.75 Å². The van der Waals surface area contributed by atoms with Gasteiger partial charge in [0.25, 0.3) is 0 Å². The highest BCUT2D eigenvalue weighted by Crippen LogP contribution is 2.33. The Kier molecular flexibility index (Phi) is 4.28. The standard InChI is InChI=1S/C16H25NO/c1-11-4-6-13(8-11)15(17)10-14-9-12(2)5-7-16(14)18-3/h5,7,9,11,13,15H,4,6,8,10,17H2,1-3H3. The topological polar surface area (TPSA) is 35.2 Å². The zero-order valence-corrected chi connectivity index (χ0v) is 11.8. The van der Waals surface area contributed by atoms with Crippen LogP contribution < -0.4 is 10.5 Å². The lowest BCUT2D eigenvalue weighted by atomic mass is 9.91. The molecular formula is C16H25NO. The van der Waals surface area contributed by atoms with Crippen molar-refractivity contribution >= 4 is 0 Å². The van der Waals surface area contributed by atoms with Gasteiger partial charge in [-0.3, -0.25) is 0 Å². The molecule has 0 spiro atoms. The molecule has 0 heterocycles. The van der Waals surface area contributed by atoms with Gasteiger partial charge in [0.05, 0.1) is 7.11 Å². The van der Waals surface area contributed by atoms with Crippen molar-refractivity contribution in [2.45, 2.75) is 45.6 Å². The Morgan fingerprint density at radius 2 is 2.17 bits per heavy atom. The number of ether oxygens (including phenoxy) is 1. The van der Waals surface area contributed by atoms with Gasteiger partial charge in [0.2, 0.25) is 0 Å². The Bertz CT molecular complexity index is 402. The molecule has 2 rings (SSSR count). The summed E-state index contributed by atoms with van der Waals surface area (Å²) in [5.74, 6) is 2.51. The molecule has 0 aromatic heterocycles. The summed E-state index contributed by atoms with van der Waals surface area (Å²) < 4.78 is 5.43. The van der Waals surface area contributed by atoms with Crippen LogP contribution in [0.2, 0.25) is 0 Å². The summed E-state index contributed by atoms with van der Waals surface area (Å²) >= 11 is 0. The van der Waals surface area contributed by atoms with Gasteiger partial charge in [-0.25, -0.2) is 0 Å². The molecule has 0 bridgehead atoms. The van der Waals surface area contributed by atoms with Crippen molar-refractivity contribution in [1.82, 2.24) is 0 Å². The van der Waals surface area contributed by atoms with Crippen molar-refractivity contribution in [2.75, 3.05) is 7.11 Å². The molecule has 0 amide bonds. The molecule has 1 saturated carbocycles. The minimum absolute atomic E-state index is 0.269. The fourth-order valence-electron chi connectivity index (χ4n) is 3.13. The Morgan fingerprint density at radius 3 is 2.78 bits per heavy atom. The quantitative estimate of drug-likeness (QED) is 0.886. The van der Waals surface area contributed by atoms with E-state index in [4.69, 9.17) is 10.5 Å². The lowest BCUT2D eigenvalue weighted by Gasteiger charge is -2.20. The molecule has 0 saturated heterocycles. The second-order valence-corrected chi connectivity index (χ2v) is 5.86. The molecule has 0 aliphatic heterocycles. The third kappa shape index (κ3) is 3.05. The van der Waals surface area contributed by atoms with Crippen LogP contribution in [0.4, 0.5) is 0 Å². The summed E-state index contributed by atoms with van der Waals surface area (Å²) in [7, 11) is 1.73. The van der Waals surface area contributed by atoms with E-state index >= 15 is 0 Å². The molecule has 2 heteroatoms. The summed E-state index contributed by atoms with van der Waals surface area (Å²) in [5, 5.41) is 0. The zero-order valence-electron chi connectivity index (χ0n) is 11.8. The molecule has 18 heavy (non-hydrogen) atoms. The van der Waals surface area contributed by atoms with Crippen LogP contribution >= 0.6 is 0 Å². The average molecular weight is 247 g/mol. The van der Waals surface area contributed by atoms with Crippen LogP contribution in [0.15, 0.2) is 18.2 Å². The SMILES string of the molecule is COc1ccc(C)cc1CC(N)C1CCC(C)C1. The van der Waals surface area contributed by atoms with Crippen LogP contribution in [0.5, 0.6) is 5.75 Å². The van der Waals surface area contributed by atoms with E-state index in [0.29, 0.717) is 5.92 Å². The second kappa shape index (κ2) is 5.75. The first kappa shape index (κ1) is 13.4. The Morgan fingerprint density at radius 1 is 1.39 bits per heavy atom. The third-order valence-corrected chi connectivity index (χ3v) is 4.23. The van der Waals surface area contributed by atoms with E-state index in [-0.39, 0.29) is 6.04 Å². The monoisotopic (exact) mass is 247 g/mol. The van der Waals surface area contributed by atoms with Crippen LogP contribution in [-0.2, 0) is 6.42 Å². The molecule has 2 nitrogen and oxygen atoms in total. The smallest absolute Gasteiger partial charge is 0.122 e. The second-order valence-electron chi connectivity index (χ2n) is 5.86. The van der Waals surface area contributed by atoms with Crippen molar-refractivity contribution in [3.8, 4) is 5.75 Å². The van der Waals surface area contributed by atoms with Gasteiger partial charge in [-0.2, -0.15) is 0 Å². The van der Waals surface area contributed by atoms with E-state index in [1.165, 1.54) is 30.4 Å². The van der Waals surface area contributed by atoms with Gasteiger partial charge in [0.15, 0.2) is 0 Å². The summed E-state index contributed by atoms with van der Waals surface area (Å²) in [4.78, 5) is 0. The minimum Gasteiger partial charge on any atom is -0.496 e. The van der Waals surface area contributed by atoms with Gasteiger partial charge in [-0.05, 0) is 49.7 Å². The summed E-state index contributed by atoms with van der Waals surface area (Å²) in [6.45, 7) is 4.45. The number of methoxy groups -OCH3 is 1. The lowest BCUT2D eigenvalue weighted by Crippen LogP contribution is -2.31. The van der Waals surface area contributed by atoms with Gasteiger partial charge >= 0.3 is 0 Å². The maximum Gasteiger partial charge on any atom is 0.122 e. The van der Waals surface area contributed by atoms with E-state index in [9.17, 15) is 0 Å². The molecule has 3 unspecified atom stereocenters. The molecular weight excluding hydrogens is 222 g/mol. The molecule has 100 valence electrons. The number of nitrogens with two attached hydrogens (primary N) is 1. The molecule has 1 aromatic rings. The first-order valence-corrected chi connectivity index (χ1v) is 6.99. The maximum absolute atomic E-state index is 6.39. The van der Waals surface area contributed by atoms with Gasteiger partial charge in [-0.15, -0.1) is 0 Å². The van der Waals surface area contributed by atoms with Crippen molar-refractivity contribution in [1.29, 1.82) is 0 Å². The Labute approximate surface area is 111 Å². The Balaban J connectivity index is 2.06. The number of hydrogen-bond acceptors (Lipinski definition) is 2. The summed E-state index contributed by atoms with van der Waals surface area (Å²) in [6, 6.07) is 6.61. The average Bonchev–Trinajstić information content (AvgIpc) is 2.76. The number of aryl methyl sites for hydroxylation is 1. The first-order chi connectivity index (χ1) is 8.60. The van der Waals surface area contributed by atoms with Crippen LogP contribution in [-0.4, -0.2) is 13.2 Å². The molecule has 2 N–H and O–H groups in total. The van der Waals surface area contributed by atoms with E-state index in [1.54, 1.807) is 7.11 Å². The highest BCUT2D eigenvalue weighted by Gasteiger charge is 2.27. The molecule has 1 fully saturated rings. The van der Waals surface area contributed by atoms with E-state index in [2.05, 4.69) is 32.0 Å². The number of hydrogen-bond donors (Lipinski definition) is 1. The Hall–Kier alpha value is -1.02. The lowest BCUT2D eigenvalue weighted by molar-refractivity contribution is 0.390. The fourth-order valence-corrected chi connectivity index (χ4v) is 3.13. The third-order valence-electron chi connectivity index (χ3n) is 4.23. The van der Waals surface area contributed by atoms with Crippen molar-refractivity contribution < 1.29 is 4.74 Å². The van der Waals surface area contributed by atoms with Crippen LogP contribution in [0.25, 0.3) is 0 Å². The van der Waals surface area contributed by atoms with E-state index in [1.807, 2.05) is 0 Å². The van der Waals surface area contributed by atoms with Crippen LogP contribution in [0.3, 0.4) is 0 Å². The van der Waals surface area contributed by atoms with Gasteiger partial charge in [0, 0.05) is 6.04 Å². The van der Waals surface area contributed by atoms with Gasteiger partial charge < -0.3 is 10.5 Å². The van der Waals surface area contributed by atoms with E-state index < -0.39 is 0 Å². The van der Waals surface area contributed by atoms with Gasteiger partial charge in [-0.1, -0.05) is 31.0 Å². The minimum atomic E-state index is 0.269. The highest BCUT2D eigenvalue weighted by atomic mass is 16.5. The van der Waals surface area contributed by atoms with E-state index in [0.717, 1.165) is 18.1 Å². The van der Waals surface area contributed by atoms with Crippen molar-refractivity contribution in [3.63, 3.8) is 0 Å². The molecule has 1 aliphatic carbocycles. The zero-order chi connectivity index (χ0) is 13.1. The number of benzene rings is 1. The summed E-state index contributed by atoms with van der Waals surface area (Å²) in [6.07, 6.45) is 4.84. The fraction of sp³-hybridized carbons (Fsp3) is 0.625. The molecule has 1 aliphatic rings. The van der Waals surface area contributed by atoms with Crippen LogP contribution in [0.1, 0.15) is 37.3 Å². The summed E-state index contributed by atoms with van der Waals surface area (Å²) in [5.41, 5.74) is 8.92. The molecule has 3 atom stereocenters.